The molecule has 110 valence electrons. The van der Waals surface area contributed by atoms with Crippen LogP contribution in [0.25, 0.3) is 0 Å². The lowest BCUT2D eigenvalue weighted by Crippen LogP contribution is -2.50. The number of rotatable bonds is 8. The first-order chi connectivity index (χ1) is 8.95. The summed E-state index contributed by atoms with van der Waals surface area (Å²) in [6.45, 7) is 4.65. The summed E-state index contributed by atoms with van der Waals surface area (Å²) in [4.78, 5) is 25.0. The van der Waals surface area contributed by atoms with Crippen molar-refractivity contribution in [3.8, 4) is 0 Å². The Morgan fingerprint density at radius 3 is 2.47 bits per heavy atom. The third-order valence-corrected chi connectivity index (χ3v) is 3.89. The maximum Gasteiger partial charge on any atom is 0.326 e. The second-order valence-electron chi connectivity index (χ2n) is 5.31. The number of nitrogens with one attached hydrogen (secondary N) is 1. The van der Waals surface area contributed by atoms with E-state index in [0.29, 0.717) is 12.3 Å². The molecule has 0 bridgehead atoms. The van der Waals surface area contributed by atoms with E-state index in [-0.39, 0.29) is 12.1 Å². The van der Waals surface area contributed by atoms with E-state index < -0.39 is 12.0 Å². The van der Waals surface area contributed by atoms with Gasteiger partial charge in [0.1, 0.15) is 6.04 Å². The standard InChI is InChI=1S/C13H24N2O3S/c1-9(2)15(8-10-4-5-10)13(18)14-11(12(16)17)6-7-19-3/h9-11H,4-8H2,1-3H3,(H,14,18)(H,16,17). The van der Waals surface area contributed by atoms with Gasteiger partial charge in [0, 0.05) is 12.6 Å². The molecule has 0 saturated heterocycles. The molecule has 0 aromatic rings. The lowest BCUT2D eigenvalue weighted by molar-refractivity contribution is -0.139. The van der Waals surface area contributed by atoms with Gasteiger partial charge in [-0.1, -0.05) is 0 Å². The van der Waals surface area contributed by atoms with Gasteiger partial charge in [-0.2, -0.15) is 11.8 Å². The van der Waals surface area contributed by atoms with Crippen molar-refractivity contribution in [2.45, 2.75) is 45.2 Å². The zero-order valence-corrected chi connectivity index (χ0v) is 12.7. The molecule has 0 spiro atoms. The number of nitrogens with zero attached hydrogens (tertiary/aromatic N) is 1. The number of carboxylic acids is 1. The average Bonchev–Trinajstić information content (AvgIpc) is 3.14. The number of carbonyl (C=O) groups excluding carboxylic acids is 1. The minimum absolute atomic E-state index is 0.0931. The molecule has 1 aliphatic carbocycles. The fourth-order valence-corrected chi connectivity index (χ4v) is 2.30. The van der Waals surface area contributed by atoms with Gasteiger partial charge in [0.05, 0.1) is 0 Å². The van der Waals surface area contributed by atoms with Crippen molar-refractivity contribution < 1.29 is 14.7 Å². The first-order valence-corrected chi connectivity index (χ1v) is 8.14. The van der Waals surface area contributed by atoms with E-state index in [2.05, 4.69) is 5.32 Å². The Kier molecular flexibility index (Phi) is 6.48. The SMILES string of the molecule is CSCCC(NC(=O)N(CC1CC1)C(C)C)C(=O)O. The Labute approximate surface area is 119 Å². The van der Waals surface area contributed by atoms with Crippen LogP contribution in [0.15, 0.2) is 0 Å². The minimum atomic E-state index is -0.961. The van der Waals surface area contributed by atoms with Gasteiger partial charge in [-0.3, -0.25) is 0 Å². The van der Waals surface area contributed by atoms with Crippen molar-refractivity contribution in [1.29, 1.82) is 0 Å². The predicted octanol–water partition coefficient (Wildman–Crippen LogP) is 2.02. The number of carboxylic acid groups (broad SMARTS) is 1. The van der Waals surface area contributed by atoms with Crippen molar-refractivity contribution >= 4 is 23.8 Å². The van der Waals surface area contributed by atoms with Crippen LogP contribution in [-0.4, -0.2) is 52.6 Å². The summed E-state index contributed by atoms with van der Waals surface area (Å²) in [6.07, 6.45) is 4.72. The molecule has 1 fully saturated rings. The third-order valence-electron chi connectivity index (χ3n) is 3.24. The lowest BCUT2D eigenvalue weighted by atomic mass is 10.2. The summed E-state index contributed by atoms with van der Waals surface area (Å²) in [6, 6.07) is -0.952. The summed E-state index contributed by atoms with van der Waals surface area (Å²) >= 11 is 1.58. The smallest absolute Gasteiger partial charge is 0.326 e. The van der Waals surface area contributed by atoms with Gasteiger partial charge in [0.2, 0.25) is 0 Å². The highest BCUT2D eigenvalue weighted by Gasteiger charge is 2.30. The zero-order valence-electron chi connectivity index (χ0n) is 11.9. The van der Waals surface area contributed by atoms with Crippen LogP contribution in [0.2, 0.25) is 0 Å². The number of urea groups is 1. The zero-order chi connectivity index (χ0) is 14.4. The highest BCUT2D eigenvalue weighted by Crippen LogP contribution is 2.30. The Bertz CT molecular complexity index is 319. The highest BCUT2D eigenvalue weighted by atomic mass is 32.2. The fourth-order valence-electron chi connectivity index (χ4n) is 1.83. The quantitative estimate of drug-likeness (QED) is 0.717. The van der Waals surface area contributed by atoms with Crippen LogP contribution in [0.3, 0.4) is 0 Å². The fraction of sp³-hybridized carbons (Fsp3) is 0.846. The van der Waals surface area contributed by atoms with E-state index in [4.69, 9.17) is 5.11 Å². The van der Waals surface area contributed by atoms with Crippen molar-refractivity contribution in [2.75, 3.05) is 18.6 Å². The lowest BCUT2D eigenvalue weighted by Gasteiger charge is -2.28. The Balaban J connectivity index is 2.53. The molecule has 1 atom stereocenters. The van der Waals surface area contributed by atoms with Crippen LogP contribution in [-0.2, 0) is 4.79 Å². The van der Waals surface area contributed by atoms with Crippen LogP contribution >= 0.6 is 11.8 Å². The molecule has 6 heteroatoms. The Hall–Kier alpha value is -0.910. The normalized spacial score (nSPS) is 16.2. The maximum absolute atomic E-state index is 12.2. The number of thioether (sulfide) groups is 1. The number of hydrogen-bond acceptors (Lipinski definition) is 3. The van der Waals surface area contributed by atoms with E-state index in [0.717, 1.165) is 12.3 Å². The highest BCUT2D eigenvalue weighted by molar-refractivity contribution is 7.98. The van der Waals surface area contributed by atoms with E-state index in [1.165, 1.54) is 12.8 Å². The summed E-state index contributed by atoms with van der Waals surface area (Å²) in [5, 5.41) is 11.8. The average molecular weight is 288 g/mol. The molecule has 1 unspecified atom stereocenters. The summed E-state index contributed by atoms with van der Waals surface area (Å²) in [5.41, 5.74) is 0. The number of aliphatic carboxylic acids is 1. The van der Waals surface area contributed by atoms with Crippen molar-refractivity contribution in [3.05, 3.63) is 0 Å². The van der Waals surface area contributed by atoms with Crippen molar-refractivity contribution in [1.82, 2.24) is 10.2 Å². The van der Waals surface area contributed by atoms with E-state index in [9.17, 15) is 9.59 Å². The number of hydrogen-bond donors (Lipinski definition) is 2. The van der Waals surface area contributed by atoms with E-state index in [1.54, 1.807) is 16.7 Å². The second-order valence-corrected chi connectivity index (χ2v) is 6.30. The van der Waals surface area contributed by atoms with Crippen LogP contribution < -0.4 is 5.32 Å². The van der Waals surface area contributed by atoms with Crippen LogP contribution in [0.5, 0.6) is 0 Å². The van der Waals surface area contributed by atoms with Crippen LogP contribution in [0.1, 0.15) is 33.1 Å². The Morgan fingerprint density at radius 2 is 2.05 bits per heavy atom. The molecule has 2 N–H and O–H groups in total. The van der Waals surface area contributed by atoms with Gasteiger partial charge in [-0.25, -0.2) is 9.59 Å². The van der Waals surface area contributed by atoms with E-state index >= 15 is 0 Å². The third kappa shape index (κ3) is 5.72. The first kappa shape index (κ1) is 16.1. The molecule has 5 nitrogen and oxygen atoms in total. The van der Waals surface area contributed by atoms with E-state index in [1.807, 2.05) is 20.1 Å². The maximum atomic E-state index is 12.2. The number of amides is 2. The molecular weight excluding hydrogens is 264 g/mol. The molecule has 0 aromatic heterocycles. The molecule has 0 radical (unpaired) electrons. The van der Waals surface area contributed by atoms with Crippen LogP contribution in [0.4, 0.5) is 4.79 Å². The van der Waals surface area contributed by atoms with Gasteiger partial charge in [-0.05, 0) is 51.0 Å². The van der Waals surface area contributed by atoms with Gasteiger partial charge < -0.3 is 15.3 Å². The second kappa shape index (κ2) is 7.62. The van der Waals surface area contributed by atoms with Gasteiger partial charge >= 0.3 is 12.0 Å². The monoisotopic (exact) mass is 288 g/mol. The molecule has 19 heavy (non-hydrogen) atoms. The largest absolute Gasteiger partial charge is 0.480 e. The predicted molar refractivity (Wildman–Crippen MR) is 77.5 cm³/mol. The molecule has 1 saturated carbocycles. The molecular formula is C13H24N2O3S. The first-order valence-electron chi connectivity index (χ1n) is 6.74. The van der Waals surface area contributed by atoms with Gasteiger partial charge in [-0.15, -0.1) is 0 Å². The molecule has 2 amide bonds. The molecule has 0 aliphatic heterocycles. The van der Waals surface area contributed by atoms with Gasteiger partial charge in [0.15, 0.2) is 0 Å². The topological polar surface area (TPSA) is 69.6 Å². The summed E-state index contributed by atoms with van der Waals surface area (Å²) in [7, 11) is 0. The number of carbonyl (C=O) groups is 2. The Morgan fingerprint density at radius 1 is 1.42 bits per heavy atom. The van der Waals surface area contributed by atoms with Crippen molar-refractivity contribution in [2.24, 2.45) is 5.92 Å². The minimum Gasteiger partial charge on any atom is -0.480 e. The molecule has 1 rings (SSSR count). The molecule has 1 aliphatic rings. The summed E-state index contributed by atoms with van der Waals surface area (Å²) < 4.78 is 0. The van der Waals surface area contributed by atoms with Gasteiger partial charge in [0.25, 0.3) is 0 Å². The van der Waals surface area contributed by atoms with Crippen molar-refractivity contribution in [3.63, 3.8) is 0 Å². The molecule has 0 aromatic carbocycles. The molecule has 0 heterocycles. The van der Waals surface area contributed by atoms with Crippen LogP contribution in [0, 0.1) is 5.92 Å². The summed E-state index contributed by atoms with van der Waals surface area (Å²) in [5.74, 6) is 0.363.